The normalized spacial score (nSPS) is 32.8. The minimum absolute atomic E-state index is 0.0431. The molecule has 0 bridgehead atoms. The molecular formula is C14H28N2O. The fourth-order valence-corrected chi connectivity index (χ4v) is 3.45. The monoisotopic (exact) mass is 240 g/mol. The molecule has 17 heavy (non-hydrogen) atoms. The second-order valence-electron chi connectivity index (χ2n) is 6.02. The maximum absolute atomic E-state index is 10.1. The van der Waals surface area contributed by atoms with E-state index >= 15 is 0 Å². The zero-order valence-electron chi connectivity index (χ0n) is 11.7. The average Bonchev–Trinajstić information content (AvgIpc) is 2.65. The Morgan fingerprint density at radius 1 is 1.29 bits per heavy atom. The minimum atomic E-state index is -0.250. The smallest absolute Gasteiger partial charge is 0.0692 e. The Morgan fingerprint density at radius 3 is 2.65 bits per heavy atom. The maximum Gasteiger partial charge on any atom is 0.0692 e. The third-order valence-corrected chi connectivity index (χ3v) is 5.14. The van der Waals surface area contributed by atoms with Gasteiger partial charge in [-0.25, -0.2) is 0 Å². The van der Waals surface area contributed by atoms with Crippen molar-refractivity contribution in [1.82, 2.24) is 9.80 Å². The van der Waals surface area contributed by atoms with Gasteiger partial charge in [0.2, 0.25) is 0 Å². The van der Waals surface area contributed by atoms with Gasteiger partial charge in [0.15, 0.2) is 0 Å². The van der Waals surface area contributed by atoms with Crippen molar-refractivity contribution in [3.05, 3.63) is 0 Å². The molecule has 0 aromatic rings. The molecule has 2 rings (SSSR count). The summed E-state index contributed by atoms with van der Waals surface area (Å²) in [6.07, 6.45) is 4.72. The second-order valence-corrected chi connectivity index (χ2v) is 6.02. The van der Waals surface area contributed by atoms with Gasteiger partial charge in [-0.1, -0.05) is 6.92 Å². The minimum Gasteiger partial charge on any atom is -0.391 e. The van der Waals surface area contributed by atoms with Crippen LogP contribution in [-0.2, 0) is 0 Å². The van der Waals surface area contributed by atoms with Crippen LogP contribution in [-0.4, -0.2) is 58.8 Å². The van der Waals surface area contributed by atoms with Crippen LogP contribution < -0.4 is 0 Å². The van der Waals surface area contributed by atoms with Crippen LogP contribution in [0.1, 0.15) is 46.5 Å². The van der Waals surface area contributed by atoms with E-state index in [4.69, 9.17) is 0 Å². The molecule has 3 unspecified atom stereocenters. The van der Waals surface area contributed by atoms with E-state index < -0.39 is 0 Å². The lowest BCUT2D eigenvalue weighted by Gasteiger charge is -2.43. The number of rotatable bonds is 3. The topological polar surface area (TPSA) is 26.7 Å². The van der Waals surface area contributed by atoms with E-state index in [9.17, 15) is 5.11 Å². The molecule has 0 saturated carbocycles. The van der Waals surface area contributed by atoms with E-state index in [1.54, 1.807) is 0 Å². The van der Waals surface area contributed by atoms with Crippen LogP contribution in [0.2, 0.25) is 0 Å². The Bertz CT molecular complexity index is 257. The fraction of sp³-hybridized carbons (Fsp3) is 1.00. The van der Waals surface area contributed by atoms with Gasteiger partial charge in [-0.15, -0.1) is 0 Å². The largest absolute Gasteiger partial charge is 0.391 e. The molecule has 0 aromatic heterocycles. The number of hydrogen-bond donors (Lipinski definition) is 1. The van der Waals surface area contributed by atoms with Gasteiger partial charge in [-0.05, 0) is 52.6 Å². The van der Waals surface area contributed by atoms with Gasteiger partial charge >= 0.3 is 0 Å². The molecule has 2 saturated heterocycles. The van der Waals surface area contributed by atoms with Gasteiger partial charge in [0, 0.05) is 24.7 Å². The van der Waals surface area contributed by atoms with Crippen molar-refractivity contribution in [2.24, 2.45) is 0 Å². The van der Waals surface area contributed by atoms with E-state index in [1.807, 2.05) is 6.92 Å². The SMILES string of the molecule is CCC(C)(C(C)O)N1CCCN2CCCC2C1. The molecule has 0 amide bonds. The van der Waals surface area contributed by atoms with Crippen LogP contribution >= 0.6 is 0 Å². The molecule has 2 aliphatic rings. The first-order valence-corrected chi connectivity index (χ1v) is 7.25. The number of nitrogens with zero attached hydrogens (tertiary/aromatic N) is 2. The Balaban J connectivity index is 2.09. The molecule has 3 nitrogen and oxygen atoms in total. The second kappa shape index (κ2) is 5.25. The van der Waals surface area contributed by atoms with E-state index in [-0.39, 0.29) is 11.6 Å². The van der Waals surface area contributed by atoms with E-state index in [0.717, 1.165) is 25.6 Å². The predicted molar refractivity (Wildman–Crippen MR) is 71.2 cm³/mol. The first-order valence-electron chi connectivity index (χ1n) is 7.25. The number of fused-ring (bicyclic) bond motifs is 1. The summed E-state index contributed by atoms with van der Waals surface area (Å²) in [5, 5.41) is 10.1. The van der Waals surface area contributed by atoms with Gasteiger partial charge in [-0.3, -0.25) is 9.80 Å². The highest BCUT2D eigenvalue weighted by Crippen LogP contribution is 2.29. The molecule has 2 aliphatic heterocycles. The summed E-state index contributed by atoms with van der Waals surface area (Å²) in [5.41, 5.74) is -0.0431. The lowest BCUT2D eigenvalue weighted by molar-refractivity contribution is -0.0173. The van der Waals surface area contributed by atoms with Gasteiger partial charge in [0.25, 0.3) is 0 Å². The predicted octanol–water partition coefficient (Wildman–Crippen LogP) is 1.71. The van der Waals surface area contributed by atoms with Crippen LogP contribution in [0.4, 0.5) is 0 Å². The Labute approximate surface area is 106 Å². The van der Waals surface area contributed by atoms with Crippen molar-refractivity contribution in [2.45, 2.75) is 64.1 Å². The quantitative estimate of drug-likeness (QED) is 0.813. The molecule has 3 heteroatoms. The summed E-state index contributed by atoms with van der Waals surface area (Å²) in [4.78, 5) is 5.20. The van der Waals surface area contributed by atoms with Crippen LogP contribution in [0.3, 0.4) is 0 Å². The molecule has 0 spiro atoms. The summed E-state index contributed by atoms with van der Waals surface area (Å²) in [6, 6.07) is 0.738. The first-order chi connectivity index (χ1) is 8.08. The standard InChI is InChI=1S/C14H28N2O/c1-4-14(3,12(2)17)16-10-6-9-15-8-5-7-13(15)11-16/h12-13,17H,4-11H2,1-3H3. The Morgan fingerprint density at radius 2 is 2.00 bits per heavy atom. The Kier molecular flexibility index (Phi) is 4.11. The van der Waals surface area contributed by atoms with Crippen LogP contribution in [0.25, 0.3) is 0 Å². The average molecular weight is 240 g/mol. The van der Waals surface area contributed by atoms with Crippen molar-refractivity contribution < 1.29 is 5.11 Å². The molecular weight excluding hydrogens is 212 g/mol. The molecule has 0 radical (unpaired) electrons. The first kappa shape index (κ1) is 13.3. The Hall–Kier alpha value is -0.120. The summed E-state index contributed by atoms with van der Waals surface area (Å²) in [5.74, 6) is 0. The van der Waals surface area contributed by atoms with Crippen LogP contribution in [0.15, 0.2) is 0 Å². The molecule has 2 heterocycles. The third kappa shape index (κ3) is 2.51. The van der Waals surface area contributed by atoms with Crippen molar-refractivity contribution in [2.75, 3.05) is 26.2 Å². The summed E-state index contributed by atoms with van der Waals surface area (Å²) in [6.45, 7) is 11.2. The van der Waals surface area contributed by atoms with Gasteiger partial charge in [-0.2, -0.15) is 0 Å². The molecule has 0 aromatic carbocycles. The maximum atomic E-state index is 10.1. The third-order valence-electron chi connectivity index (χ3n) is 5.14. The lowest BCUT2D eigenvalue weighted by Crippen LogP contribution is -2.55. The highest BCUT2D eigenvalue weighted by molar-refractivity contribution is 4.95. The summed E-state index contributed by atoms with van der Waals surface area (Å²) >= 11 is 0. The highest BCUT2D eigenvalue weighted by atomic mass is 16.3. The molecule has 2 fully saturated rings. The van der Waals surface area contributed by atoms with E-state index in [0.29, 0.717) is 0 Å². The van der Waals surface area contributed by atoms with Crippen molar-refractivity contribution in [1.29, 1.82) is 0 Å². The summed E-state index contributed by atoms with van der Waals surface area (Å²) in [7, 11) is 0. The summed E-state index contributed by atoms with van der Waals surface area (Å²) < 4.78 is 0. The zero-order chi connectivity index (χ0) is 12.5. The van der Waals surface area contributed by atoms with Crippen LogP contribution in [0, 0.1) is 0 Å². The molecule has 3 atom stereocenters. The lowest BCUT2D eigenvalue weighted by atomic mass is 9.89. The van der Waals surface area contributed by atoms with Gasteiger partial charge < -0.3 is 5.11 Å². The zero-order valence-corrected chi connectivity index (χ0v) is 11.7. The number of aliphatic hydroxyl groups is 1. The fourth-order valence-electron chi connectivity index (χ4n) is 3.45. The number of hydrogen-bond acceptors (Lipinski definition) is 3. The molecule has 0 aliphatic carbocycles. The van der Waals surface area contributed by atoms with Crippen molar-refractivity contribution >= 4 is 0 Å². The molecule has 100 valence electrons. The van der Waals surface area contributed by atoms with Gasteiger partial charge in [0.05, 0.1) is 6.10 Å². The van der Waals surface area contributed by atoms with E-state index in [1.165, 1.54) is 32.4 Å². The van der Waals surface area contributed by atoms with Gasteiger partial charge in [0.1, 0.15) is 0 Å². The highest BCUT2D eigenvalue weighted by Gasteiger charge is 2.39. The number of aliphatic hydroxyl groups excluding tert-OH is 1. The van der Waals surface area contributed by atoms with E-state index in [2.05, 4.69) is 23.6 Å². The molecule has 1 N–H and O–H groups in total. The van der Waals surface area contributed by atoms with Crippen LogP contribution in [0.5, 0.6) is 0 Å². The van der Waals surface area contributed by atoms with Crippen molar-refractivity contribution in [3.63, 3.8) is 0 Å². The van der Waals surface area contributed by atoms with Crippen molar-refractivity contribution in [3.8, 4) is 0 Å².